The summed E-state index contributed by atoms with van der Waals surface area (Å²) in [5, 5.41) is 10.1. The number of fused-ring (bicyclic) bond motifs is 5. The molecule has 3 saturated carbocycles. The summed E-state index contributed by atoms with van der Waals surface area (Å²) in [7, 11) is 0. The molecule has 166 valence electrons. The van der Waals surface area contributed by atoms with Gasteiger partial charge in [0.15, 0.2) is 0 Å². The van der Waals surface area contributed by atoms with Crippen molar-refractivity contribution in [1.29, 1.82) is 0 Å². The molecule has 0 aliphatic heterocycles. The van der Waals surface area contributed by atoms with Crippen molar-refractivity contribution in [3.8, 4) is 0 Å². The van der Waals surface area contributed by atoms with Crippen LogP contribution in [-0.2, 0) is 0 Å². The molecular formula is C25H39F3O. The zero-order valence-corrected chi connectivity index (χ0v) is 18.4. The lowest BCUT2D eigenvalue weighted by Gasteiger charge is -2.58. The molecule has 0 amide bonds. The van der Waals surface area contributed by atoms with Crippen LogP contribution >= 0.6 is 0 Å². The van der Waals surface area contributed by atoms with Crippen LogP contribution in [0.25, 0.3) is 0 Å². The minimum atomic E-state index is -4.05. The fourth-order valence-electron chi connectivity index (χ4n) is 8.06. The molecule has 3 fully saturated rings. The monoisotopic (exact) mass is 412 g/mol. The predicted octanol–water partition coefficient (Wildman–Crippen LogP) is 7.30. The summed E-state index contributed by atoms with van der Waals surface area (Å²) < 4.78 is 38.6. The average molecular weight is 413 g/mol. The highest BCUT2D eigenvalue weighted by molar-refractivity contribution is 5.25. The Labute approximate surface area is 174 Å². The van der Waals surface area contributed by atoms with E-state index in [-0.39, 0.29) is 17.9 Å². The number of aliphatic hydroxyl groups is 1. The molecule has 4 aliphatic carbocycles. The van der Waals surface area contributed by atoms with Gasteiger partial charge in [0.05, 0.1) is 12.0 Å². The lowest BCUT2D eigenvalue weighted by molar-refractivity contribution is -0.171. The minimum Gasteiger partial charge on any atom is -0.393 e. The van der Waals surface area contributed by atoms with Gasteiger partial charge < -0.3 is 5.11 Å². The standard InChI is InChI=1S/C25H39F3O/c1-16(25(26,27)28)5-4-6-17-8-10-21-20-9-7-18-15-19(29)11-13-24(18,3)22(20)12-14-23(17,21)2/h7,16-17,19-22,29H,4-6,8-15H2,1-3H3/t16?,17?,19?,20?,21-,22?,23?,24?/m0/s1. The Bertz CT molecular complexity index is 640. The van der Waals surface area contributed by atoms with Crippen LogP contribution in [0.2, 0.25) is 0 Å². The van der Waals surface area contributed by atoms with Crippen LogP contribution in [0.1, 0.15) is 91.4 Å². The van der Waals surface area contributed by atoms with E-state index in [4.69, 9.17) is 0 Å². The molecule has 0 radical (unpaired) electrons. The lowest BCUT2D eigenvalue weighted by Crippen LogP contribution is -2.50. The minimum absolute atomic E-state index is 0.158. The Morgan fingerprint density at radius 1 is 1.10 bits per heavy atom. The quantitative estimate of drug-likeness (QED) is 0.481. The molecule has 4 aliphatic rings. The summed E-state index contributed by atoms with van der Waals surface area (Å²) in [6.45, 7) is 6.25. The zero-order valence-electron chi connectivity index (χ0n) is 18.4. The first-order chi connectivity index (χ1) is 13.6. The third kappa shape index (κ3) is 3.70. The van der Waals surface area contributed by atoms with Crippen molar-refractivity contribution in [2.24, 2.45) is 40.4 Å². The van der Waals surface area contributed by atoms with E-state index in [0.29, 0.717) is 17.8 Å². The predicted molar refractivity (Wildman–Crippen MR) is 110 cm³/mol. The SMILES string of the molecule is CC(CCCC1CC[C@H]2C3CC=C4CC(O)CCC4(C)C3CCC12C)C(F)(F)F. The number of rotatable bonds is 4. The Morgan fingerprint density at radius 2 is 1.86 bits per heavy atom. The summed E-state index contributed by atoms with van der Waals surface area (Å²) in [4.78, 5) is 0. The average Bonchev–Trinajstić information content (AvgIpc) is 2.98. The van der Waals surface area contributed by atoms with Crippen LogP contribution in [0.5, 0.6) is 0 Å². The number of halogens is 3. The molecule has 4 rings (SSSR count). The van der Waals surface area contributed by atoms with Gasteiger partial charge in [-0.05, 0) is 98.7 Å². The number of aliphatic hydroxyl groups excluding tert-OH is 1. The molecule has 0 spiro atoms. The first kappa shape index (κ1) is 21.7. The van der Waals surface area contributed by atoms with Crippen molar-refractivity contribution in [2.45, 2.75) is 104 Å². The van der Waals surface area contributed by atoms with Gasteiger partial charge >= 0.3 is 6.18 Å². The highest BCUT2D eigenvalue weighted by atomic mass is 19.4. The molecule has 0 aromatic heterocycles. The second kappa shape index (κ2) is 7.57. The van der Waals surface area contributed by atoms with Crippen LogP contribution in [-0.4, -0.2) is 17.4 Å². The van der Waals surface area contributed by atoms with Gasteiger partial charge in [-0.3, -0.25) is 0 Å². The van der Waals surface area contributed by atoms with E-state index in [1.54, 1.807) is 0 Å². The van der Waals surface area contributed by atoms with Gasteiger partial charge in [0.25, 0.3) is 0 Å². The van der Waals surface area contributed by atoms with E-state index in [1.807, 2.05) is 0 Å². The van der Waals surface area contributed by atoms with Gasteiger partial charge in [-0.2, -0.15) is 13.2 Å². The Hall–Kier alpha value is -0.510. The van der Waals surface area contributed by atoms with Gasteiger partial charge in [-0.25, -0.2) is 0 Å². The number of allylic oxidation sites excluding steroid dienone is 1. The molecule has 0 saturated heterocycles. The van der Waals surface area contributed by atoms with E-state index in [1.165, 1.54) is 38.2 Å². The van der Waals surface area contributed by atoms with Crippen LogP contribution < -0.4 is 0 Å². The first-order valence-electron chi connectivity index (χ1n) is 12.0. The summed E-state index contributed by atoms with van der Waals surface area (Å²) in [6, 6.07) is 0. The summed E-state index contributed by atoms with van der Waals surface area (Å²) >= 11 is 0. The fourth-order valence-corrected chi connectivity index (χ4v) is 8.06. The van der Waals surface area contributed by atoms with E-state index in [9.17, 15) is 18.3 Å². The van der Waals surface area contributed by atoms with Gasteiger partial charge in [0.1, 0.15) is 0 Å². The zero-order chi connectivity index (χ0) is 21.0. The molecule has 8 atom stereocenters. The molecule has 4 heteroatoms. The summed E-state index contributed by atoms with van der Waals surface area (Å²) in [5.74, 6) is 1.62. The summed E-state index contributed by atoms with van der Waals surface area (Å²) in [6.07, 6.45) is 9.25. The molecule has 0 aromatic rings. The molecule has 1 N–H and O–H groups in total. The van der Waals surface area contributed by atoms with Crippen molar-refractivity contribution >= 4 is 0 Å². The van der Waals surface area contributed by atoms with E-state index >= 15 is 0 Å². The molecule has 0 aromatic carbocycles. The molecule has 1 nitrogen and oxygen atoms in total. The van der Waals surface area contributed by atoms with Gasteiger partial charge in [-0.15, -0.1) is 0 Å². The van der Waals surface area contributed by atoms with Crippen molar-refractivity contribution in [1.82, 2.24) is 0 Å². The number of hydrogen-bond acceptors (Lipinski definition) is 1. The van der Waals surface area contributed by atoms with Crippen LogP contribution in [0.15, 0.2) is 11.6 Å². The van der Waals surface area contributed by atoms with Crippen LogP contribution in [0, 0.1) is 40.4 Å². The first-order valence-corrected chi connectivity index (χ1v) is 12.0. The number of hydrogen-bond donors (Lipinski definition) is 1. The van der Waals surface area contributed by atoms with Gasteiger partial charge in [0, 0.05) is 0 Å². The Kier molecular flexibility index (Phi) is 5.67. The second-order valence-electron chi connectivity index (χ2n) is 11.3. The third-order valence-electron chi connectivity index (χ3n) is 10.0. The van der Waals surface area contributed by atoms with E-state index < -0.39 is 12.1 Å². The van der Waals surface area contributed by atoms with E-state index in [2.05, 4.69) is 19.9 Å². The van der Waals surface area contributed by atoms with Gasteiger partial charge in [-0.1, -0.05) is 38.8 Å². The summed E-state index contributed by atoms with van der Waals surface area (Å²) in [5.41, 5.74) is 2.10. The Morgan fingerprint density at radius 3 is 2.59 bits per heavy atom. The fraction of sp³-hybridized carbons (Fsp3) is 0.920. The third-order valence-corrected chi connectivity index (χ3v) is 10.0. The maximum Gasteiger partial charge on any atom is 0.391 e. The maximum atomic E-state index is 12.9. The number of alkyl halides is 3. The second-order valence-corrected chi connectivity index (χ2v) is 11.3. The normalized spacial score (nSPS) is 45.8. The van der Waals surface area contributed by atoms with E-state index in [0.717, 1.165) is 49.9 Å². The van der Waals surface area contributed by atoms with Crippen LogP contribution in [0.3, 0.4) is 0 Å². The van der Waals surface area contributed by atoms with Crippen LogP contribution in [0.4, 0.5) is 13.2 Å². The smallest absolute Gasteiger partial charge is 0.391 e. The molecule has 29 heavy (non-hydrogen) atoms. The largest absolute Gasteiger partial charge is 0.393 e. The topological polar surface area (TPSA) is 20.2 Å². The van der Waals surface area contributed by atoms with Crippen molar-refractivity contribution in [3.05, 3.63) is 11.6 Å². The Balaban J connectivity index is 1.43. The molecule has 0 heterocycles. The van der Waals surface area contributed by atoms with Crippen molar-refractivity contribution < 1.29 is 18.3 Å². The highest BCUT2D eigenvalue weighted by Gasteiger charge is 2.58. The molecule has 7 unspecified atom stereocenters. The maximum absolute atomic E-state index is 12.9. The molecular weight excluding hydrogens is 373 g/mol. The lowest BCUT2D eigenvalue weighted by atomic mass is 9.47. The van der Waals surface area contributed by atoms with Crippen molar-refractivity contribution in [3.63, 3.8) is 0 Å². The molecule has 0 bridgehead atoms. The van der Waals surface area contributed by atoms with Crippen molar-refractivity contribution in [2.75, 3.05) is 0 Å². The van der Waals surface area contributed by atoms with Gasteiger partial charge in [0.2, 0.25) is 0 Å². The highest BCUT2D eigenvalue weighted by Crippen LogP contribution is 2.66.